The summed E-state index contributed by atoms with van der Waals surface area (Å²) in [6.07, 6.45) is 8.77. The van der Waals surface area contributed by atoms with Crippen LogP contribution in [0.3, 0.4) is 0 Å². The van der Waals surface area contributed by atoms with Crippen molar-refractivity contribution in [3.63, 3.8) is 0 Å². The first-order valence-electron chi connectivity index (χ1n) is 18.4. The van der Waals surface area contributed by atoms with Gasteiger partial charge in [0.25, 0.3) is 0 Å². The Kier molecular flexibility index (Phi) is 12.1. The highest BCUT2D eigenvalue weighted by Gasteiger charge is 2.44. The highest BCUT2D eigenvalue weighted by molar-refractivity contribution is 7.89. The van der Waals surface area contributed by atoms with Crippen LogP contribution >= 0.6 is 11.6 Å². The van der Waals surface area contributed by atoms with Crippen molar-refractivity contribution in [2.45, 2.75) is 108 Å². The normalized spacial score (nSPS) is 24.2. The summed E-state index contributed by atoms with van der Waals surface area (Å²) in [6, 6.07) is 11.2. The third-order valence-corrected chi connectivity index (χ3v) is 18.3. The van der Waals surface area contributed by atoms with Gasteiger partial charge in [0.2, 0.25) is 10.0 Å². The molecular weight excluding hydrogens is 704 g/mol. The minimum atomic E-state index is -3.70. The molecule has 9 nitrogen and oxygen atoms in total. The Morgan fingerprint density at radius 3 is 2.59 bits per heavy atom. The van der Waals surface area contributed by atoms with Gasteiger partial charge in [0.15, 0.2) is 8.32 Å². The summed E-state index contributed by atoms with van der Waals surface area (Å²) in [5, 5.41) is 27.0. The molecule has 4 N–H and O–H groups in total. The third-order valence-electron chi connectivity index (χ3n) is 12.2. The lowest BCUT2D eigenvalue weighted by molar-refractivity contribution is 0.0453. The number of hydrogen-bond acceptors (Lipinski definition) is 7. The largest absolute Gasteiger partial charge is 0.490 e. The number of allylic oxidation sites excluding steroid dienone is 1. The van der Waals surface area contributed by atoms with Gasteiger partial charge in [-0.2, -0.15) is 0 Å². The minimum absolute atomic E-state index is 0.00437. The molecular formula is C39H57ClN2O7SSi. The smallest absolute Gasteiger partial charge is 0.335 e. The number of halogens is 1. The van der Waals surface area contributed by atoms with Crippen LogP contribution in [0.25, 0.3) is 0 Å². The first-order valence-corrected chi connectivity index (χ1v) is 23.3. The second-order valence-electron chi connectivity index (χ2n) is 16.8. The van der Waals surface area contributed by atoms with Crippen molar-refractivity contribution in [3.8, 4) is 5.75 Å². The van der Waals surface area contributed by atoms with Gasteiger partial charge in [0, 0.05) is 30.1 Å². The molecule has 1 aliphatic heterocycles. The zero-order valence-corrected chi connectivity index (χ0v) is 33.6. The number of aryl methyl sites for hydroxylation is 1. The van der Waals surface area contributed by atoms with Crippen molar-refractivity contribution in [2.24, 2.45) is 22.9 Å². The van der Waals surface area contributed by atoms with Crippen LogP contribution in [0, 0.1) is 17.8 Å². The van der Waals surface area contributed by atoms with E-state index in [-0.39, 0.29) is 33.8 Å². The van der Waals surface area contributed by atoms with E-state index >= 15 is 0 Å². The van der Waals surface area contributed by atoms with Gasteiger partial charge in [-0.25, -0.2) is 18.4 Å². The second kappa shape index (κ2) is 15.5. The van der Waals surface area contributed by atoms with Crippen LogP contribution in [0.5, 0.6) is 5.75 Å². The summed E-state index contributed by atoms with van der Waals surface area (Å²) in [5.41, 5.74) is 3.15. The summed E-state index contributed by atoms with van der Waals surface area (Å²) in [7, 11) is -5.69. The molecule has 6 atom stereocenters. The fraction of sp³-hybridized carbons (Fsp3) is 0.615. The number of ether oxygens (including phenoxy) is 1. The Hall–Kier alpha value is -2.41. The van der Waals surface area contributed by atoms with Crippen molar-refractivity contribution < 1.29 is 32.6 Å². The number of anilines is 1. The fourth-order valence-electron chi connectivity index (χ4n) is 7.75. The molecule has 0 saturated heterocycles. The zero-order chi connectivity index (χ0) is 37.4. The summed E-state index contributed by atoms with van der Waals surface area (Å²) in [5.74, 6) is -0.276. The molecule has 1 heterocycles. The highest BCUT2D eigenvalue weighted by Crippen LogP contribution is 2.47. The molecule has 0 amide bonds. The van der Waals surface area contributed by atoms with Crippen LogP contribution in [0.1, 0.15) is 87.7 Å². The summed E-state index contributed by atoms with van der Waals surface area (Å²) < 4.78 is 37.2. The number of nitrogens with zero attached hydrogens (tertiary/aromatic N) is 1. The third kappa shape index (κ3) is 9.22. The Morgan fingerprint density at radius 2 is 1.94 bits per heavy atom. The van der Waals surface area contributed by atoms with E-state index in [2.05, 4.69) is 50.9 Å². The molecule has 3 aliphatic rings. The molecule has 0 aromatic heterocycles. The predicted octanol–water partition coefficient (Wildman–Crippen LogP) is 7.55. The number of carboxylic acids is 1. The highest BCUT2D eigenvalue weighted by atomic mass is 35.5. The number of aliphatic hydroxyl groups excluding tert-OH is 1. The molecule has 1 saturated carbocycles. The van der Waals surface area contributed by atoms with Crippen LogP contribution in [0.4, 0.5) is 5.69 Å². The molecule has 5 rings (SSSR count). The van der Waals surface area contributed by atoms with Crippen molar-refractivity contribution in [1.29, 1.82) is 0 Å². The van der Waals surface area contributed by atoms with Crippen molar-refractivity contribution in [2.75, 3.05) is 31.2 Å². The van der Waals surface area contributed by atoms with E-state index in [0.29, 0.717) is 44.9 Å². The second-order valence-corrected chi connectivity index (χ2v) is 24.0. The zero-order valence-electron chi connectivity index (χ0n) is 31.0. The first-order chi connectivity index (χ1) is 23.8. The molecule has 0 bridgehead atoms. The number of carbonyl (C=O) groups is 1. The van der Waals surface area contributed by atoms with Crippen molar-refractivity contribution in [1.82, 2.24) is 0 Å². The van der Waals surface area contributed by atoms with Crippen molar-refractivity contribution in [3.05, 3.63) is 70.3 Å². The van der Waals surface area contributed by atoms with Crippen LogP contribution in [0.2, 0.25) is 23.2 Å². The van der Waals surface area contributed by atoms with E-state index in [1.54, 1.807) is 25.1 Å². The summed E-state index contributed by atoms with van der Waals surface area (Å²) in [4.78, 5) is 14.3. The monoisotopic (exact) mass is 760 g/mol. The van der Waals surface area contributed by atoms with E-state index in [9.17, 15) is 23.4 Å². The summed E-state index contributed by atoms with van der Waals surface area (Å²) >= 11 is 6.41. The maximum Gasteiger partial charge on any atom is 0.335 e. The lowest BCUT2D eigenvalue weighted by Crippen LogP contribution is -2.49. The SMILES string of the molecule is CC(CC(/C=C/C(O)[C@@H]1CC[C@H]1CN1C[C@@]2(CCCc3cc(Cl)ccc32)COc2ccc(C(=O)O)cc21)CCO[Si](C)(C)C(C)(C)C)S(N)(=O)=O. The molecule has 2 aromatic rings. The number of primary sulfonamides is 1. The molecule has 2 aliphatic carbocycles. The van der Waals surface area contributed by atoms with Gasteiger partial charge < -0.3 is 24.3 Å². The fourth-order valence-corrected chi connectivity index (χ4v) is 9.52. The molecule has 1 spiro atoms. The molecule has 0 radical (unpaired) electrons. The Bertz CT molecular complexity index is 1710. The van der Waals surface area contributed by atoms with Gasteiger partial charge >= 0.3 is 5.97 Å². The average Bonchev–Trinajstić information content (AvgIpc) is 3.17. The predicted molar refractivity (Wildman–Crippen MR) is 207 cm³/mol. The molecule has 3 unspecified atom stereocenters. The number of carboxylic acid groups (broad SMARTS) is 1. The van der Waals surface area contributed by atoms with Gasteiger partial charge in [-0.05, 0) is 129 Å². The van der Waals surface area contributed by atoms with E-state index in [0.717, 1.165) is 42.8 Å². The van der Waals surface area contributed by atoms with Crippen LogP contribution < -0.4 is 14.8 Å². The van der Waals surface area contributed by atoms with Gasteiger partial charge in [-0.15, -0.1) is 0 Å². The number of fused-ring (bicyclic) bond motifs is 3. The number of rotatable bonds is 13. The Balaban J connectivity index is 1.36. The topological polar surface area (TPSA) is 139 Å². The van der Waals surface area contributed by atoms with Gasteiger partial charge in [0.05, 0.1) is 29.2 Å². The number of hydrogen-bond donors (Lipinski definition) is 3. The first kappa shape index (κ1) is 39.8. The number of benzene rings is 2. The minimum Gasteiger partial charge on any atom is -0.490 e. The number of aliphatic hydroxyl groups is 1. The van der Waals surface area contributed by atoms with Gasteiger partial charge in [0.1, 0.15) is 5.75 Å². The maximum atomic E-state index is 12.2. The lowest BCUT2D eigenvalue weighted by atomic mass is 9.68. The van der Waals surface area contributed by atoms with Gasteiger partial charge in [-0.1, -0.05) is 50.6 Å². The Morgan fingerprint density at radius 1 is 1.20 bits per heavy atom. The molecule has 2 aromatic carbocycles. The quantitative estimate of drug-likeness (QED) is 0.141. The van der Waals surface area contributed by atoms with E-state index in [1.807, 2.05) is 18.2 Å². The van der Waals surface area contributed by atoms with E-state index < -0.39 is 35.7 Å². The van der Waals surface area contributed by atoms with Crippen molar-refractivity contribution >= 4 is 41.6 Å². The van der Waals surface area contributed by atoms with E-state index in [4.69, 9.17) is 25.9 Å². The lowest BCUT2D eigenvalue weighted by Gasteiger charge is -2.45. The number of nitrogens with two attached hydrogens (primary N) is 1. The van der Waals surface area contributed by atoms with Crippen LogP contribution in [0.15, 0.2) is 48.6 Å². The Labute approximate surface area is 310 Å². The standard InChI is InChI=1S/C39H57ClN2O7SSi/c1-26(50(41,46)47)20-27(17-19-49-51(5,6)38(2,3)4)9-15-35(43)32-13-10-30(32)23-42-24-39(18-7-8-28-21-31(40)12-14-33(28)39)25-48-36-16-11-29(37(44)45)22-34(36)42/h9,11-12,14-16,21-22,26-27,30,32,35,43H,7-8,10,13,17-20,23-25H2,1-6H3,(H,44,45)(H2,41,46,47)/b15-9+/t26?,27?,30-,32+,35?,39-/m0/s1. The van der Waals surface area contributed by atoms with Crippen LogP contribution in [-0.4, -0.2) is 70.6 Å². The molecule has 51 heavy (non-hydrogen) atoms. The number of sulfonamides is 1. The maximum absolute atomic E-state index is 12.2. The molecule has 12 heteroatoms. The van der Waals surface area contributed by atoms with Gasteiger partial charge in [-0.3, -0.25) is 0 Å². The molecule has 282 valence electrons. The average molecular weight is 761 g/mol. The molecule has 1 fully saturated rings. The summed E-state index contributed by atoms with van der Waals surface area (Å²) in [6.45, 7) is 14.9. The number of aromatic carboxylic acids is 1. The van der Waals surface area contributed by atoms with Crippen LogP contribution in [-0.2, 0) is 26.3 Å². The van der Waals surface area contributed by atoms with E-state index in [1.165, 1.54) is 11.1 Å².